The Morgan fingerprint density at radius 2 is 1.22 bits per heavy atom. The summed E-state index contributed by atoms with van der Waals surface area (Å²) in [7, 11) is 0. The first-order valence-corrected chi connectivity index (χ1v) is 12.7. The van der Waals surface area contributed by atoms with Crippen molar-refractivity contribution in [3.63, 3.8) is 0 Å². The van der Waals surface area contributed by atoms with E-state index in [0.717, 1.165) is 38.2 Å². The highest BCUT2D eigenvalue weighted by molar-refractivity contribution is 6.09. The third-order valence-electron chi connectivity index (χ3n) is 6.59. The summed E-state index contributed by atoms with van der Waals surface area (Å²) in [4.78, 5) is 25.7. The van der Waals surface area contributed by atoms with E-state index < -0.39 is 6.10 Å². The standard InChI is InChI=1S/C32H35NO3/c1-21(34)29-24(15-13-22-9-5-7-11-27(22)29)17-19-26(35)20-18-25-16-14-23-10-6-8-12-28(23)30(25)31(36)33-32(2,3)4/h5-16,26,35H,17-20H2,1-4H3,(H,33,36). The van der Waals surface area contributed by atoms with E-state index in [2.05, 4.69) is 5.32 Å². The van der Waals surface area contributed by atoms with E-state index in [1.807, 2.05) is 93.6 Å². The number of aryl methyl sites for hydroxylation is 2. The predicted octanol–water partition coefficient (Wildman–Crippen LogP) is 6.65. The quantitative estimate of drug-likeness (QED) is 0.277. The second-order valence-electron chi connectivity index (χ2n) is 10.6. The van der Waals surface area contributed by atoms with Crippen molar-refractivity contribution in [1.29, 1.82) is 0 Å². The van der Waals surface area contributed by atoms with Crippen LogP contribution in [0, 0.1) is 0 Å². The third kappa shape index (κ3) is 5.83. The van der Waals surface area contributed by atoms with Crippen LogP contribution >= 0.6 is 0 Å². The van der Waals surface area contributed by atoms with E-state index in [-0.39, 0.29) is 17.2 Å². The lowest BCUT2D eigenvalue weighted by molar-refractivity contribution is 0.0918. The highest BCUT2D eigenvalue weighted by Crippen LogP contribution is 2.27. The van der Waals surface area contributed by atoms with Crippen molar-refractivity contribution >= 4 is 33.2 Å². The van der Waals surface area contributed by atoms with Gasteiger partial charge in [0.1, 0.15) is 0 Å². The van der Waals surface area contributed by atoms with Gasteiger partial charge in [-0.3, -0.25) is 9.59 Å². The number of nitrogens with one attached hydrogen (secondary N) is 1. The number of carbonyl (C=O) groups excluding carboxylic acids is 2. The number of hydrogen-bond acceptors (Lipinski definition) is 3. The molecule has 0 aliphatic carbocycles. The zero-order chi connectivity index (χ0) is 25.9. The third-order valence-corrected chi connectivity index (χ3v) is 6.59. The van der Waals surface area contributed by atoms with Crippen LogP contribution in [0.1, 0.15) is 72.4 Å². The molecule has 0 radical (unpaired) electrons. The zero-order valence-electron chi connectivity index (χ0n) is 21.6. The molecule has 1 atom stereocenters. The van der Waals surface area contributed by atoms with E-state index in [9.17, 15) is 14.7 Å². The minimum Gasteiger partial charge on any atom is -0.393 e. The monoisotopic (exact) mass is 481 g/mol. The number of benzene rings is 4. The van der Waals surface area contributed by atoms with Crippen LogP contribution in [0.15, 0.2) is 72.8 Å². The molecule has 0 aromatic heterocycles. The molecule has 0 saturated heterocycles. The Morgan fingerprint density at radius 3 is 1.72 bits per heavy atom. The van der Waals surface area contributed by atoms with Crippen LogP contribution in [0.5, 0.6) is 0 Å². The summed E-state index contributed by atoms with van der Waals surface area (Å²) < 4.78 is 0. The lowest BCUT2D eigenvalue weighted by atomic mass is 9.91. The van der Waals surface area contributed by atoms with Gasteiger partial charge in [0.2, 0.25) is 0 Å². The molecule has 2 N–H and O–H groups in total. The average molecular weight is 482 g/mol. The van der Waals surface area contributed by atoms with Gasteiger partial charge in [-0.25, -0.2) is 0 Å². The number of ketones is 1. The predicted molar refractivity (Wildman–Crippen MR) is 148 cm³/mol. The molecule has 4 aromatic rings. The second kappa shape index (κ2) is 10.6. The molecule has 0 aliphatic heterocycles. The van der Waals surface area contributed by atoms with Gasteiger partial charge in [-0.05, 0) is 86.1 Å². The van der Waals surface area contributed by atoms with Gasteiger partial charge in [0, 0.05) is 11.1 Å². The van der Waals surface area contributed by atoms with E-state index >= 15 is 0 Å². The summed E-state index contributed by atoms with van der Waals surface area (Å²) in [5.74, 6) is -0.0481. The van der Waals surface area contributed by atoms with Gasteiger partial charge in [0.15, 0.2) is 5.78 Å². The number of hydrogen-bond donors (Lipinski definition) is 2. The first-order chi connectivity index (χ1) is 17.1. The summed E-state index contributed by atoms with van der Waals surface area (Å²) in [5, 5.41) is 17.9. The van der Waals surface area contributed by atoms with E-state index in [0.29, 0.717) is 31.2 Å². The highest BCUT2D eigenvalue weighted by atomic mass is 16.3. The molecule has 186 valence electrons. The largest absolute Gasteiger partial charge is 0.393 e. The van der Waals surface area contributed by atoms with Crippen LogP contribution in [0.3, 0.4) is 0 Å². The van der Waals surface area contributed by atoms with Crippen LogP contribution in [-0.4, -0.2) is 28.4 Å². The first kappa shape index (κ1) is 25.6. The molecule has 4 nitrogen and oxygen atoms in total. The van der Waals surface area contributed by atoms with Gasteiger partial charge in [-0.2, -0.15) is 0 Å². The Bertz CT molecular complexity index is 1410. The molecule has 36 heavy (non-hydrogen) atoms. The molecule has 0 bridgehead atoms. The Morgan fingerprint density at radius 1 is 0.750 bits per heavy atom. The van der Waals surface area contributed by atoms with Gasteiger partial charge < -0.3 is 10.4 Å². The summed E-state index contributed by atoms with van der Waals surface area (Å²) in [6.45, 7) is 7.52. The summed E-state index contributed by atoms with van der Waals surface area (Å²) in [6, 6.07) is 23.9. The van der Waals surface area contributed by atoms with Gasteiger partial charge in [0.25, 0.3) is 5.91 Å². The molecule has 0 saturated carbocycles. The number of rotatable bonds is 8. The van der Waals surface area contributed by atoms with Crippen molar-refractivity contribution in [1.82, 2.24) is 5.32 Å². The molecule has 0 spiro atoms. The molecule has 0 fully saturated rings. The number of carbonyl (C=O) groups is 2. The first-order valence-electron chi connectivity index (χ1n) is 12.7. The maximum absolute atomic E-state index is 13.3. The minimum atomic E-state index is -0.540. The van der Waals surface area contributed by atoms with E-state index in [4.69, 9.17) is 0 Å². The Labute approximate surface area is 213 Å². The number of aliphatic hydroxyl groups is 1. The molecule has 0 aliphatic rings. The summed E-state index contributed by atoms with van der Waals surface area (Å²) >= 11 is 0. The summed E-state index contributed by atoms with van der Waals surface area (Å²) in [5.41, 5.74) is 2.99. The fourth-order valence-electron chi connectivity index (χ4n) is 4.93. The van der Waals surface area contributed by atoms with Crippen LogP contribution in [0.4, 0.5) is 0 Å². The topological polar surface area (TPSA) is 66.4 Å². The Balaban J connectivity index is 1.51. The molecular formula is C32H35NO3. The molecular weight excluding hydrogens is 446 g/mol. The molecule has 4 heteroatoms. The molecule has 4 aromatic carbocycles. The second-order valence-corrected chi connectivity index (χ2v) is 10.6. The zero-order valence-corrected chi connectivity index (χ0v) is 21.6. The minimum absolute atomic E-state index is 0.0435. The number of Topliss-reactive ketones (excluding diaryl/α,β-unsaturated/α-hetero) is 1. The van der Waals surface area contributed by atoms with Crippen molar-refractivity contribution in [2.24, 2.45) is 0 Å². The normalized spacial score (nSPS) is 12.6. The molecule has 0 heterocycles. The summed E-state index contributed by atoms with van der Waals surface area (Å²) in [6.07, 6.45) is 1.76. The Hall–Kier alpha value is -3.50. The van der Waals surface area contributed by atoms with Crippen LogP contribution < -0.4 is 5.32 Å². The smallest absolute Gasteiger partial charge is 0.252 e. The average Bonchev–Trinajstić information content (AvgIpc) is 2.84. The van der Waals surface area contributed by atoms with Crippen molar-refractivity contribution in [3.8, 4) is 0 Å². The number of aliphatic hydroxyl groups excluding tert-OH is 1. The molecule has 4 rings (SSSR count). The fourth-order valence-corrected chi connectivity index (χ4v) is 4.93. The van der Waals surface area contributed by atoms with Gasteiger partial charge in [-0.15, -0.1) is 0 Å². The Kier molecular flexibility index (Phi) is 7.56. The maximum atomic E-state index is 13.3. The van der Waals surface area contributed by atoms with Gasteiger partial charge >= 0.3 is 0 Å². The van der Waals surface area contributed by atoms with Crippen molar-refractivity contribution in [2.45, 2.75) is 65.0 Å². The fraction of sp³-hybridized carbons (Fsp3) is 0.312. The van der Waals surface area contributed by atoms with E-state index in [1.54, 1.807) is 6.92 Å². The lowest BCUT2D eigenvalue weighted by Crippen LogP contribution is -2.41. The maximum Gasteiger partial charge on any atom is 0.252 e. The van der Waals surface area contributed by atoms with Crippen LogP contribution in [0.25, 0.3) is 21.5 Å². The molecule has 1 amide bonds. The number of fused-ring (bicyclic) bond motifs is 2. The van der Waals surface area contributed by atoms with Crippen molar-refractivity contribution < 1.29 is 14.7 Å². The van der Waals surface area contributed by atoms with Crippen LogP contribution in [-0.2, 0) is 12.8 Å². The highest BCUT2D eigenvalue weighted by Gasteiger charge is 2.21. The molecule has 1 unspecified atom stereocenters. The van der Waals surface area contributed by atoms with E-state index in [1.165, 1.54) is 0 Å². The number of amides is 1. The van der Waals surface area contributed by atoms with Gasteiger partial charge in [0.05, 0.1) is 11.7 Å². The van der Waals surface area contributed by atoms with Crippen molar-refractivity contribution in [2.75, 3.05) is 0 Å². The van der Waals surface area contributed by atoms with Crippen LogP contribution in [0.2, 0.25) is 0 Å². The lowest BCUT2D eigenvalue weighted by Gasteiger charge is -2.23. The van der Waals surface area contributed by atoms with Crippen molar-refractivity contribution in [3.05, 3.63) is 95.1 Å². The SMILES string of the molecule is CC(=O)c1c(CCC(O)CCc2ccc3ccccc3c2C(=O)NC(C)(C)C)ccc2ccccc12. The van der Waals surface area contributed by atoms with Gasteiger partial charge in [-0.1, -0.05) is 72.8 Å².